The van der Waals surface area contributed by atoms with E-state index >= 15 is 0 Å². The van der Waals surface area contributed by atoms with E-state index in [4.69, 9.17) is 21.2 Å². The molecule has 8 nitrogen and oxygen atoms in total. The molecule has 188 valence electrons. The lowest BCUT2D eigenvalue weighted by atomic mass is 9.96. The Morgan fingerprint density at radius 3 is 2.71 bits per heavy atom. The van der Waals surface area contributed by atoms with Crippen LogP contribution in [0.2, 0.25) is 5.02 Å². The average Bonchev–Trinajstić information content (AvgIpc) is 2.84. The summed E-state index contributed by atoms with van der Waals surface area (Å²) >= 11 is 6.35. The highest BCUT2D eigenvalue weighted by Gasteiger charge is 2.25. The molecule has 0 bridgehead atoms. The van der Waals surface area contributed by atoms with Crippen molar-refractivity contribution in [2.75, 3.05) is 26.3 Å². The minimum Gasteiger partial charge on any atom is -0.506 e. The minimum atomic E-state index is -0.715. The van der Waals surface area contributed by atoms with Gasteiger partial charge in [0.15, 0.2) is 12.9 Å². The van der Waals surface area contributed by atoms with Gasteiger partial charge in [0.05, 0.1) is 22.9 Å². The number of ether oxygens (including phenoxy) is 1. The van der Waals surface area contributed by atoms with Gasteiger partial charge >= 0.3 is 5.97 Å². The number of piperidine rings is 1. The molecule has 9 heteroatoms. The number of allylic oxidation sites excluding steroid dienone is 3. The first kappa shape index (κ1) is 26.5. The molecule has 0 aromatic heterocycles. The Morgan fingerprint density at radius 1 is 1.26 bits per heavy atom. The van der Waals surface area contributed by atoms with Gasteiger partial charge in [-0.2, -0.15) is 0 Å². The number of phenols is 1. The molecular weight excluding hydrogens is 472 g/mol. The monoisotopic (exact) mass is 502 g/mol. The number of phenolic OH excluding ortho intramolecular Hbond substituents is 1. The van der Waals surface area contributed by atoms with Gasteiger partial charge in [0, 0.05) is 25.1 Å². The van der Waals surface area contributed by atoms with E-state index in [1.165, 1.54) is 0 Å². The van der Waals surface area contributed by atoms with Crippen LogP contribution in [0.15, 0.2) is 35.5 Å². The number of aldehydes is 1. The fraction of sp³-hybridized carbons (Fsp3) is 0.462. The smallest absolute Gasteiger partial charge is 0.339 e. The molecule has 2 heterocycles. The van der Waals surface area contributed by atoms with Crippen LogP contribution in [0.3, 0.4) is 0 Å². The van der Waals surface area contributed by atoms with Gasteiger partial charge in [-0.15, -0.1) is 0 Å². The lowest BCUT2D eigenvalue weighted by Gasteiger charge is -2.29. The first-order valence-corrected chi connectivity index (χ1v) is 12.2. The van der Waals surface area contributed by atoms with E-state index in [1.54, 1.807) is 11.0 Å². The molecule has 1 aromatic carbocycles. The molecule has 2 aliphatic rings. The third-order valence-corrected chi connectivity index (χ3v) is 6.48. The molecule has 0 spiro atoms. The first-order valence-electron chi connectivity index (χ1n) is 11.9. The van der Waals surface area contributed by atoms with Crippen molar-refractivity contribution in [3.63, 3.8) is 0 Å². The number of nitrogens with zero attached hydrogens (tertiary/aromatic N) is 2. The number of carbonyl (C=O) groups is 3. The first-order chi connectivity index (χ1) is 16.9. The molecule has 2 aliphatic heterocycles. The number of hydrogen-bond acceptors (Lipinski definition) is 7. The average molecular weight is 503 g/mol. The third-order valence-electron chi connectivity index (χ3n) is 6.06. The maximum absolute atomic E-state index is 12.8. The summed E-state index contributed by atoms with van der Waals surface area (Å²) < 4.78 is 5.34. The van der Waals surface area contributed by atoms with E-state index in [0.29, 0.717) is 37.4 Å². The molecule has 1 fully saturated rings. The zero-order chi connectivity index (χ0) is 25.2. The quantitative estimate of drug-likeness (QED) is 0.281. The second kappa shape index (κ2) is 13.1. The van der Waals surface area contributed by atoms with Crippen molar-refractivity contribution < 1.29 is 29.1 Å². The van der Waals surface area contributed by atoms with Gasteiger partial charge in [-0.05, 0) is 55.7 Å². The Hall–Kier alpha value is -3.13. The molecule has 0 saturated carbocycles. The summed E-state index contributed by atoms with van der Waals surface area (Å²) in [5.74, 6) is -0.579. The lowest BCUT2D eigenvalue weighted by molar-refractivity contribution is -0.137. The van der Waals surface area contributed by atoms with Crippen LogP contribution in [-0.2, 0) is 20.8 Å². The van der Waals surface area contributed by atoms with Crippen molar-refractivity contribution in [2.24, 2.45) is 11.1 Å². The van der Waals surface area contributed by atoms with Gasteiger partial charge < -0.3 is 19.6 Å². The van der Waals surface area contributed by atoms with Crippen molar-refractivity contribution in [2.45, 2.75) is 45.4 Å². The molecule has 1 saturated heterocycles. The standard InChI is InChI=1S/C26H31ClN2O6/c1-18-9-11-29(12-10-18)23(32)17-35-28-20-8-6-4-2-3-5-7-13-34-26(33)24-19(16-30)14-22(31)25(27)21(24)15-20/h3,5-6,8,14,16,18,31H,2,4,7,9-13,15,17H2,1H3/b5-3+,8-6+,28-20-. The highest BCUT2D eigenvalue weighted by molar-refractivity contribution is 6.34. The Balaban J connectivity index is 1.87. The number of benzene rings is 1. The zero-order valence-corrected chi connectivity index (χ0v) is 20.6. The van der Waals surface area contributed by atoms with E-state index in [1.807, 2.05) is 18.2 Å². The van der Waals surface area contributed by atoms with E-state index in [0.717, 1.165) is 31.7 Å². The van der Waals surface area contributed by atoms with E-state index < -0.39 is 5.97 Å². The highest BCUT2D eigenvalue weighted by Crippen LogP contribution is 2.33. The van der Waals surface area contributed by atoms with Crippen LogP contribution in [0.25, 0.3) is 0 Å². The SMILES string of the molecule is CC1CCN(C(=O)CO/N=C2/C=C/CC/C=C/CCOC(=O)c3c(C=O)cc(O)c(Cl)c3C2)CC1. The number of fused-ring (bicyclic) bond motifs is 1. The van der Waals surface area contributed by atoms with Crippen LogP contribution in [0.1, 0.15) is 65.3 Å². The van der Waals surface area contributed by atoms with Crippen molar-refractivity contribution in [1.29, 1.82) is 0 Å². The van der Waals surface area contributed by atoms with Crippen LogP contribution in [0.4, 0.5) is 0 Å². The molecule has 0 aliphatic carbocycles. The Bertz CT molecular complexity index is 1030. The van der Waals surface area contributed by atoms with Crippen molar-refractivity contribution in [1.82, 2.24) is 4.90 Å². The molecule has 1 N–H and O–H groups in total. The number of cyclic esters (lactones) is 1. The number of hydrogen-bond donors (Lipinski definition) is 1. The summed E-state index contributed by atoms with van der Waals surface area (Å²) in [5.41, 5.74) is 0.524. The number of esters is 1. The van der Waals surface area contributed by atoms with Gasteiger partial charge in [0.2, 0.25) is 0 Å². The number of rotatable bonds is 4. The summed E-state index contributed by atoms with van der Waals surface area (Å²) in [6, 6.07) is 1.14. The molecule has 3 rings (SSSR count). The largest absolute Gasteiger partial charge is 0.506 e. The van der Waals surface area contributed by atoms with Gasteiger partial charge in [0.25, 0.3) is 5.91 Å². The maximum Gasteiger partial charge on any atom is 0.339 e. The summed E-state index contributed by atoms with van der Waals surface area (Å²) in [4.78, 5) is 44.2. The maximum atomic E-state index is 12.8. The minimum absolute atomic E-state index is 0.0136. The van der Waals surface area contributed by atoms with Crippen molar-refractivity contribution >= 4 is 35.5 Å². The van der Waals surface area contributed by atoms with Gasteiger partial charge in [-0.3, -0.25) is 9.59 Å². The second-order valence-electron chi connectivity index (χ2n) is 8.74. The molecule has 0 unspecified atom stereocenters. The third kappa shape index (κ3) is 7.42. The topological polar surface area (TPSA) is 106 Å². The van der Waals surface area contributed by atoms with E-state index in [2.05, 4.69) is 12.1 Å². The number of amides is 1. The number of oxime groups is 1. The van der Waals surface area contributed by atoms with Crippen molar-refractivity contribution in [3.8, 4) is 5.75 Å². The van der Waals surface area contributed by atoms with Gasteiger partial charge in [-0.1, -0.05) is 41.9 Å². The van der Waals surface area contributed by atoms with E-state index in [-0.39, 0.29) is 53.0 Å². The summed E-state index contributed by atoms with van der Waals surface area (Å²) in [6.45, 7) is 3.50. The lowest BCUT2D eigenvalue weighted by Crippen LogP contribution is -2.39. The molecule has 35 heavy (non-hydrogen) atoms. The van der Waals surface area contributed by atoms with Crippen LogP contribution in [0, 0.1) is 5.92 Å². The Kier molecular flexibility index (Phi) is 9.90. The molecule has 0 radical (unpaired) electrons. The predicted molar refractivity (Wildman–Crippen MR) is 133 cm³/mol. The van der Waals surface area contributed by atoms with Crippen LogP contribution < -0.4 is 0 Å². The highest BCUT2D eigenvalue weighted by atomic mass is 35.5. The summed E-state index contributed by atoms with van der Waals surface area (Å²) in [6.07, 6.45) is 12.0. The number of aromatic hydroxyl groups is 1. The molecule has 1 aromatic rings. The zero-order valence-electron chi connectivity index (χ0n) is 19.9. The fourth-order valence-corrected chi connectivity index (χ4v) is 4.20. The molecule has 0 atom stereocenters. The van der Waals surface area contributed by atoms with Crippen molar-refractivity contribution in [3.05, 3.63) is 52.1 Å². The summed E-state index contributed by atoms with van der Waals surface area (Å²) in [5, 5.41) is 14.3. The second-order valence-corrected chi connectivity index (χ2v) is 9.12. The van der Waals surface area contributed by atoms with Crippen LogP contribution in [-0.4, -0.2) is 60.2 Å². The van der Waals surface area contributed by atoms with Gasteiger partial charge in [0.1, 0.15) is 5.75 Å². The normalized spacial score (nSPS) is 20.9. The Morgan fingerprint density at radius 2 is 1.97 bits per heavy atom. The fourth-order valence-electron chi connectivity index (χ4n) is 3.98. The Labute approximate surface area is 210 Å². The van der Waals surface area contributed by atoms with Crippen LogP contribution in [0.5, 0.6) is 5.75 Å². The van der Waals surface area contributed by atoms with Gasteiger partial charge in [-0.25, -0.2) is 4.79 Å². The van der Waals surface area contributed by atoms with Crippen LogP contribution >= 0.6 is 11.6 Å². The number of carbonyl (C=O) groups excluding carboxylic acids is 3. The summed E-state index contributed by atoms with van der Waals surface area (Å²) in [7, 11) is 0. The van der Waals surface area contributed by atoms with E-state index in [9.17, 15) is 19.5 Å². The predicted octanol–water partition coefficient (Wildman–Crippen LogP) is 4.48. The number of likely N-dealkylation sites (tertiary alicyclic amines) is 1. The molecular formula is C26H31ClN2O6. The molecule has 1 amide bonds. The number of halogens is 1.